The second-order valence-corrected chi connectivity index (χ2v) is 8.29. The van der Waals surface area contributed by atoms with Gasteiger partial charge in [0, 0.05) is 39.7 Å². The van der Waals surface area contributed by atoms with Crippen molar-refractivity contribution in [3.63, 3.8) is 0 Å². The average molecular weight is 525 g/mol. The molecule has 0 aromatic carbocycles. The molecule has 8 heteroatoms. The molecule has 162 valence electrons. The first-order chi connectivity index (χ1) is 13.0. The van der Waals surface area contributed by atoms with Crippen molar-refractivity contribution in [2.75, 3.05) is 34.4 Å². The monoisotopic (exact) mass is 524 g/mol. The number of hydrogen-bond donors (Lipinski definition) is 1. The Morgan fingerprint density at radius 2 is 2.11 bits per heavy atom. The van der Waals surface area contributed by atoms with E-state index in [2.05, 4.69) is 39.5 Å². The van der Waals surface area contributed by atoms with Gasteiger partial charge < -0.3 is 19.7 Å². The Hall–Kier alpha value is -0.450. The van der Waals surface area contributed by atoms with Crippen LogP contribution in [0.5, 0.6) is 0 Å². The Morgan fingerprint density at radius 3 is 2.71 bits per heavy atom. The molecule has 0 radical (unpaired) electrons. The second kappa shape index (κ2) is 13.0. The SMILES string of the molecule is CCCOC1(CNC(=NC)N(C)Cc2csc(C(C)OC)n2)CCCCC1.I. The first kappa shape index (κ1) is 25.6. The Morgan fingerprint density at radius 1 is 1.39 bits per heavy atom. The lowest BCUT2D eigenvalue weighted by Crippen LogP contribution is -2.50. The Kier molecular flexibility index (Phi) is 11.9. The molecule has 1 aromatic heterocycles. The molecule has 1 unspecified atom stereocenters. The van der Waals surface area contributed by atoms with Crippen LogP contribution in [0.4, 0.5) is 0 Å². The number of nitrogens with zero attached hydrogens (tertiary/aromatic N) is 3. The van der Waals surface area contributed by atoms with Gasteiger partial charge in [0.25, 0.3) is 0 Å². The van der Waals surface area contributed by atoms with Gasteiger partial charge in [0.15, 0.2) is 5.96 Å². The fourth-order valence-corrected chi connectivity index (χ4v) is 4.35. The van der Waals surface area contributed by atoms with E-state index >= 15 is 0 Å². The molecule has 1 aliphatic rings. The molecule has 1 aromatic rings. The quantitative estimate of drug-likeness (QED) is 0.291. The minimum Gasteiger partial charge on any atom is -0.375 e. The lowest BCUT2D eigenvalue weighted by molar-refractivity contribution is -0.0659. The van der Waals surface area contributed by atoms with Crippen molar-refractivity contribution in [3.8, 4) is 0 Å². The predicted octanol–water partition coefficient (Wildman–Crippen LogP) is 4.61. The number of guanidine groups is 1. The Labute approximate surface area is 191 Å². The number of halogens is 1. The fourth-order valence-electron chi connectivity index (χ4n) is 3.51. The van der Waals surface area contributed by atoms with Gasteiger partial charge in [0.1, 0.15) is 11.1 Å². The van der Waals surface area contributed by atoms with Crippen molar-refractivity contribution in [1.29, 1.82) is 0 Å². The van der Waals surface area contributed by atoms with Crippen molar-refractivity contribution in [2.45, 2.75) is 70.6 Å². The number of thiazole rings is 1. The van der Waals surface area contributed by atoms with Crippen LogP contribution in [0.15, 0.2) is 10.4 Å². The average Bonchev–Trinajstić information content (AvgIpc) is 3.15. The Bertz CT molecular complexity index is 591. The number of rotatable bonds is 9. The number of aromatic nitrogens is 1. The van der Waals surface area contributed by atoms with Crippen LogP contribution in [-0.4, -0.2) is 55.8 Å². The number of hydrogen-bond acceptors (Lipinski definition) is 5. The minimum atomic E-state index is -0.0489. The molecule has 1 saturated carbocycles. The molecule has 1 atom stereocenters. The first-order valence-corrected chi connectivity index (χ1v) is 10.9. The summed E-state index contributed by atoms with van der Waals surface area (Å²) in [5, 5.41) is 6.66. The summed E-state index contributed by atoms with van der Waals surface area (Å²) in [6.45, 7) is 6.55. The third-order valence-electron chi connectivity index (χ3n) is 5.19. The summed E-state index contributed by atoms with van der Waals surface area (Å²) < 4.78 is 11.7. The van der Waals surface area contributed by atoms with Crippen LogP contribution < -0.4 is 5.32 Å². The first-order valence-electron chi connectivity index (χ1n) is 10.1. The van der Waals surface area contributed by atoms with Crippen molar-refractivity contribution in [3.05, 3.63) is 16.1 Å². The van der Waals surface area contributed by atoms with Crippen LogP contribution in [0, 0.1) is 0 Å². The highest BCUT2D eigenvalue weighted by atomic mass is 127. The molecule has 1 N–H and O–H groups in total. The molecule has 6 nitrogen and oxygen atoms in total. The largest absolute Gasteiger partial charge is 0.375 e. The van der Waals surface area contributed by atoms with E-state index in [1.54, 1.807) is 18.4 Å². The lowest BCUT2D eigenvalue weighted by atomic mass is 9.84. The van der Waals surface area contributed by atoms with Crippen LogP contribution in [0.3, 0.4) is 0 Å². The smallest absolute Gasteiger partial charge is 0.193 e. The highest BCUT2D eigenvalue weighted by molar-refractivity contribution is 14.0. The molecule has 1 fully saturated rings. The van der Waals surface area contributed by atoms with Gasteiger partial charge in [-0.05, 0) is 26.2 Å². The van der Waals surface area contributed by atoms with E-state index in [0.717, 1.165) is 55.6 Å². The maximum atomic E-state index is 6.29. The molecule has 1 heterocycles. The molecule has 2 rings (SSSR count). The van der Waals surface area contributed by atoms with Gasteiger partial charge in [-0.25, -0.2) is 4.98 Å². The molecule has 0 spiro atoms. The predicted molar refractivity (Wildman–Crippen MR) is 128 cm³/mol. The van der Waals surface area contributed by atoms with Gasteiger partial charge in [-0.2, -0.15) is 0 Å². The zero-order valence-corrected chi connectivity index (χ0v) is 21.1. The molecule has 0 aliphatic heterocycles. The minimum absolute atomic E-state index is 0. The van der Waals surface area contributed by atoms with E-state index in [-0.39, 0.29) is 35.7 Å². The maximum Gasteiger partial charge on any atom is 0.193 e. The lowest BCUT2D eigenvalue weighted by Gasteiger charge is -2.38. The van der Waals surface area contributed by atoms with Crippen LogP contribution in [0.2, 0.25) is 0 Å². The normalized spacial score (nSPS) is 17.7. The fraction of sp³-hybridized carbons (Fsp3) is 0.800. The molecular formula is C20H37IN4O2S. The Balaban J connectivity index is 0.00000392. The number of aliphatic imine (C=N–C) groups is 1. The van der Waals surface area contributed by atoms with Crippen molar-refractivity contribution in [2.24, 2.45) is 4.99 Å². The highest BCUT2D eigenvalue weighted by Gasteiger charge is 2.33. The third-order valence-corrected chi connectivity index (χ3v) is 6.24. The standard InChI is InChI=1S/C20H36N4O2S.HI/c1-6-12-26-20(10-8-7-9-11-20)15-22-19(21-3)24(4)13-17-14-27-18(23-17)16(2)25-5;/h14,16H,6-13,15H2,1-5H3,(H,21,22);1H. The maximum absolute atomic E-state index is 6.29. The summed E-state index contributed by atoms with van der Waals surface area (Å²) in [6, 6.07) is 0. The third kappa shape index (κ3) is 7.42. The van der Waals surface area contributed by atoms with Crippen molar-refractivity contribution in [1.82, 2.24) is 15.2 Å². The zero-order valence-electron chi connectivity index (χ0n) is 18.0. The van der Waals surface area contributed by atoms with Crippen molar-refractivity contribution >= 4 is 41.3 Å². The molecule has 0 amide bonds. The highest BCUT2D eigenvalue weighted by Crippen LogP contribution is 2.31. The van der Waals surface area contributed by atoms with Crippen LogP contribution in [0.1, 0.15) is 69.2 Å². The van der Waals surface area contributed by atoms with Gasteiger partial charge >= 0.3 is 0 Å². The van der Waals surface area contributed by atoms with Crippen molar-refractivity contribution < 1.29 is 9.47 Å². The summed E-state index contributed by atoms with van der Waals surface area (Å²) in [6.07, 6.45) is 7.17. The molecule has 28 heavy (non-hydrogen) atoms. The van der Waals surface area contributed by atoms with Crippen LogP contribution in [-0.2, 0) is 16.0 Å². The molecule has 0 saturated heterocycles. The molecular weight excluding hydrogens is 487 g/mol. The number of nitrogens with one attached hydrogen (secondary N) is 1. The molecule has 0 bridgehead atoms. The van der Waals surface area contributed by atoms with Crippen LogP contribution >= 0.6 is 35.3 Å². The van der Waals surface area contributed by atoms with E-state index in [0.29, 0.717) is 0 Å². The van der Waals surface area contributed by atoms with Gasteiger partial charge in [-0.15, -0.1) is 35.3 Å². The summed E-state index contributed by atoms with van der Waals surface area (Å²) in [4.78, 5) is 11.3. The topological polar surface area (TPSA) is 59.0 Å². The van der Waals surface area contributed by atoms with Gasteiger partial charge in [-0.3, -0.25) is 4.99 Å². The van der Waals surface area contributed by atoms with Gasteiger partial charge in [0.05, 0.1) is 17.8 Å². The summed E-state index contributed by atoms with van der Waals surface area (Å²) >= 11 is 1.64. The van der Waals surface area contributed by atoms with Gasteiger partial charge in [-0.1, -0.05) is 26.2 Å². The molecule has 1 aliphatic carbocycles. The van der Waals surface area contributed by atoms with E-state index in [1.807, 2.05) is 14.0 Å². The summed E-state index contributed by atoms with van der Waals surface area (Å²) in [5.74, 6) is 0.884. The van der Waals surface area contributed by atoms with Crippen LogP contribution in [0.25, 0.3) is 0 Å². The number of ether oxygens (including phenoxy) is 2. The van der Waals surface area contributed by atoms with E-state index in [1.165, 1.54) is 19.3 Å². The summed E-state index contributed by atoms with van der Waals surface area (Å²) in [5.41, 5.74) is 0.992. The summed E-state index contributed by atoms with van der Waals surface area (Å²) in [7, 11) is 5.60. The number of methoxy groups -OCH3 is 1. The van der Waals surface area contributed by atoms with E-state index in [4.69, 9.17) is 9.47 Å². The van der Waals surface area contributed by atoms with E-state index < -0.39 is 0 Å². The van der Waals surface area contributed by atoms with Gasteiger partial charge in [0.2, 0.25) is 0 Å². The second-order valence-electron chi connectivity index (χ2n) is 7.40. The zero-order chi connectivity index (χ0) is 19.7. The van der Waals surface area contributed by atoms with E-state index in [9.17, 15) is 0 Å².